The highest BCUT2D eigenvalue weighted by Gasteiger charge is 2.57. The van der Waals surface area contributed by atoms with Crippen LogP contribution in [0.2, 0.25) is 0 Å². The van der Waals surface area contributed by atoms with Gasteiger partial charge in [0.1, 0.15) is 35.5 Å². The number of thioether (sulfide) groups is 1. The molecule has 0 bridgehead atoms. The summed E-state index contributed by atoms with van der Waals surface area (Å²) in [4.78, 5) is 14.0. The Morgan fingerprint density at radius 1 is 1.32 bits per heavy atom. The number of fused-ring (bicyclic) bond motifs is 1. The molecule has 3 rings (SSSR count). The second-order valence-electron chi connectivity index (χ2n) is 6.07. The van der Waals surface area contributed by atoms with Gasteiger partial charge >= 0.3 is 6.18 Å². The first kappa shape index (κ1) is 20.6. The number of benzene rings is 1. The maximum absolute atomic E-state index is 13.6. The molecule has 1 aromatic carbocycles. The Labute approximate surface area is 160 Å². The van der Waals surface area contributed by atoms with Crippen molar-refractivity contribution in [2.24, 2.45) is 4.99 Å². The first-order valence-corrected chi connectivity index (χ1v) is 8.91. The molecule has 1 saturated heterocycles. The van der Waals surface area contributed by atoms with Crippen molar-refractivity contribution in [2.45, 2.75) is 42.1 Å². The number of aliphatic hydroxyl groups excluding tert-OH is 2. The summed E-state index contributed by atoms with van der Waals surface area (Å²) in [7, 11) is 1.56. The minimum absolute atomic E-state index is 0.299. The van der Waals surface area contributed by atoms with Crippen LogP contribution in [0.3, 0.4) is 0 Å². The highest BCUT2D eigenvalue weighted by Crippen LogP contribution is 2.40. The van der Waals surface area contributed by atoms with Gasteiger partial charge < -0.3 is 25.0 Å². The third-order valence-corrected chi connectivity index (χ3v) is 5.40. The maximum Gasteiger partial charge on any atom is 0.428 e. The largest absolute Gasteiger partial charge is 0.478 e. The normalized spacial score (nSPS) is 30.9. The number of nitro groups is 1. The first-order valence-electron chi connectivity index (χ1n) is 8.03. The van der Waals surface area contributed by atoms with E-state index in [2.05, 4.69) is 10.3 Å². The number of aliphatic imine (C=N–C) groups is 1. The van der Waals surface area contributed by atoms with Crippen LogP contribution >= 0.6 is 11.8 Å². The Balaban J connectivity index is 1.83. The third kappa shape index (κ3) is 4.01. The summed E-state index contributed by atoms with van der Waals surface area (Å²) in [5.74, 6) is -0.299. The Morgan fingerprint density at radius 3 is 2.50 bits per heavy atom. The van der Waals surface area contributed by atoms with Crippen LogP contribution in [-0.2, 0) is 4.74 Å². The van der Waals surface area contributed by atoms with Crippen LogP contribution in [-0.4, -0.2) is 69.4 Å². The predicted molar refractivity (Wildman–Crippen MR) is 92.1 cm³/mol. The van der Waals surface area contributed by atoms with Gasteiger partial charge in [0, 0.05) is 19.2 Å². The van der Waals surface area contributed by atoms with Gasteiger partial charge in [-0.05, 0) is 12.1 Å². The molecule has 1 fully saturated rings. The van der Waals surface area contributed by atoms with Crippen molar-refractivity contribution in [1.82, 2.24) is 5.32 Å². The molecule has 2 aliphatic rings. The van der Waals surface area contributed by atoms with E-state index in [1.54, 1.807) is 7.05 Å². The van der Waals surface area contributed by atoms with Crippen LogP contribution < -0.4 is 10.1 Å². The van der Waals surface area contributed by atoms with E-state index in [0.717, 1.165) is 36.0 Å². The molecule has 0 aromatic heterocycles. The van der Waals surface area contributed by atoms with Crippen LogP contribution in [0.5, 0.6) is 5.75 Å². The Bertz CT molecular complexity index is 762. The van der Waals surface area contributed by atoms with Gasteiger partial charge in [-0.25, -0.2) is 0 Å². The SMILES string of the molecule is CNC1=N[C@@H]2[C@@H](O)[C@H](O)C([C@@H](Oc3ccc([N+](=O)[O-])cc3)C(F)(F)F)O[C@@H]2S1. The van der Waals surface area contributed by atoms with E-state index in [4.69, 9.17) is 9.47 Å². The average Bonchev–Trinajstić information content (AvgIpc) is 3.06. The molecule has 0 amide bonds. The lowest BCUT2D eigenvalue weighted by Gasteiger charge is -2.41. The molecule has 2 heterocycles. The highest BCUT2D eigenvalue weighted by molar-refractivity contribution is 8.14. The Hall–Kier alpha value is -2.09. The van der Waals surface area contributed by atoms with Crippen molar-refractivity contribution < 1.29 is 37.8 Å². The zero-order valence-corrected chi connectivity index (χ0v) is 15.1. The second-order valence-corrected chi connectivity index (χ2v) is 7.16. The number of aliphatic hydroxyl groups is 2. The predicted octanol–water partition coefficient (Wildman–Crippen LogP) is 1.04. The number of alkyl halides is 3. The number of nitrogens with zero attached hydrogens (tertiary/aromatic N) is 2. The summed E-state index contributed by atoms with van der Waals surface area (Å²) in [6.45, 7) is 0. The van der Waals surface area contributed by atoms with Crippen molar-refractivity contribution in [3.8, 4) is 5.75 Å². The molecule has 6 atom stereocenters. The first-order chi connectivity index (χ1) is 13.1. The fraction of sp³-hybridized carbons (Fsp3) is 0.533. The summed E-state index contributed by atoms with van der Waals surface area (Å²) in [6, 6.07) is 3.08. The van der Waals surface area contributed by atoms with Gasteiger partial charge in [0.2, 0.25) is 6.10 Å². The molecule has 0 aliphatic carbocycles. The van der Waals surface area contributed by atoms with Gasteiger partial charge in [-0.2, -0.15) is 13.2 Å². The number of nitrogens with one attached hydrogen (secondary N) is 1. The number of hydrogen-bond donors (Lipinski definition) is 3. The standard InChI is InChI=1S/C15H16F3N3O6S/c1-19-14-20-8-9(22)10(23)11(27-13(8)28-14)12(15(16,17)18)26-7-4-2-6(3-5-7)21(24)25/h2-5,8-13,22-23H,1H3,(H,19,20)/t8-,9-,10+,11?,12-,13-/m1/s1. The fourth-order valence-electron chi connectivity index (χ4n) is 2.87. The summed E-state index contributed by atoms with van der Waals surface area (Å²) < 4.78 is 51.3. The molecule has 28 heavy (non-hydrogen) atoms. The molecule has 0 spiro atoms. The zero-order valence-electron chi connectivity index (χ0n) is 14.2. The lowest BCUT2D eigenvalue weighted by atomic mass is 9.94. The van der Waals surface area contributed by atoms with Crippen molar-refractivity contribution in [3.63, 3.8) is 0 Å². The Kier molecular flexibility index (Phi) is 5.70. The number of non-ortho nitro benzene ring substituents is 1. The molecular weight excluding hydrogens is 407 g/mol. The Morgan fingerprint density at radius 2 is 1.96 bits per heavy atom. The number of amidine groups is 1. The number of halogens is 3. The molecule has 3 N–H and O–H groups in total. The summed E-state index contributed by atoms with van der Waals surface area (Å²) in [5.41, 5.74) is -1.25. The molecule has 154 valence electrons. The average molecular weight is 423 g/mol. The van der Waals surface area contributed by atoms with Crippen molar-refractivity contribution >= 4 is 22.6 Å². The maximum atomic E-state index is 13.6. The third-order valence-electron chi connectivity index (χ3n) is 4.25. The van der Waals surface area contributed by atoms with Crippen LogP contribution in [0.15, 0.2) is 29.3 Å². The topological polar surface area (TPSA) is 126 Å². The van der Waals surface area contributed by atoms with E-state index in [1.807, 2.05) is 0 Å². The molecule has 9 nitrogen and oxygen atoms in total. The number of hydrogen-bond acceptors (Lipinski definition) is 9. The van der Waals surface area contributed by atoms with Crippen molar-refractivity contribution in [1.29, 1.82) is 0 Å². The van der Waals surface area contributed by atoms with Gasteiger partial charge in [0.05, 0.1) is 4.92 Å². The van der Waals surface area contributed by atoms with E-state index < -0.39 is 47.0 Å². The van der Waals surface area contributed by atoms with Gasteiger partial charge in [0.15, 0.2) is 5.17 Å². The fourth-order valence-corrected chi connectivity index (χ4v) is 3.94. The van der Waals surface area contributed by atoms with Gasteiger partial charge in [-0.1, -0.05) is 11.8 Å². The van der Waals surface area contributed by atoms with Crippen LogP contribution in [0, 0.1) is 10.1 Å². The van der Waals surface area contributed by atoms with Crippen LogP contribution in [0.1, 0.15) is 0 Å². The van der Waals surface area contributed by atoms with E-state index in [1.165, 1.54) is 0 Å². The summed E-state index contributed by atoms with van der Waals surface area (Å²) >= 11 is 0.991. The van der Waals surface area contributed by atoms with E-state index in [-0.39, 0.29) is 11.4 Å². The minimum atomic E-state index is -4.95. The van der Waals surface area contributed by atoms with Crippen LogP contribution in [0.4, 0.5) is 18.9 Å². The molecule has 1 unspecified atom stereocenters. The monoisotopic (exact) mass is 423 g/mol. The van der Waals surface area contributed by atoms with Gasteiger partial charge in [-0.3, -0.25) is 15.1 Å². The van der Waals surface area contributed by atoms with Gasteiger partial charge in [0.25, 0.3) is 5.69 Å². The number of nitro benzene ring substituents is 1. The lowest BCUT2D eigenvalue weighted by molar-refractivity contribution is -0.384. The minimum Gasteiger partial charge on any atom is -0.478 e. The van der Waals surface area contributed by atoms with E-state index in [0.29, 0.717) is 5.17 Å². The second kappa shape index (κ2) is 7.73. The van der Waals surface area contributed by atoms with Crippen molar-refractivity contribution in [3.05, 3.63) is 34.4 Å². The highest BCUT2D eigenvalue weighted by atomic mass is 32.2. The van der Waals surface area contributed by atoms with Crippen molar-refractivity contribution in [2.75, 3.05) is 7.05 Å². The molecule has 2 aliphatic heterocycles. The van der Waals surface area contributed by atoms with Crippen LogP contribution in [0.25, 0.3) is 0 Å². The van der Waals surface area contributed by atoms with Gasteiger partial charge in [-0.15, -0.1) is 0 Å². The molecular formula is C15H16F3N3O6S. The number of ether oxygens (including phenoxy) is 2. The smallest absolute Gasteiger partial charge is 0.428 e. The molecule has 13 heteroatoms. The summed E-state index contributed by atoms with van der Waals surface area (Å²) in [5, 5.41) is 34.2. The van der Waals surface area contributed by atoms with E-state index in [9.17, 15) is 33.5 Å². The molecule has 0 saturated carbocycles. The molecule has 0 radical (unpaired) electrons. The zero-order chi connectivity index (χ0) is 20.6. The molecule has 1 aromatic rings. The quantitative estimate of drug-likeness (QED) is 0.485. The summed E-state index contributed by atoms with van der Waals surface area (Å²) in [6.07, 6.45) is -13.0. The number of rotatable bonds is 4. The van der Waals surface area contributed by atoms with E-state index >= 15 is 0 Å². The lowest BCUT2D eigenvalue weighted by Crippen LogP contribution is -2.62.